The standard InChI is InChI=1S/C24H21F3N4O4/c1-3-4-18-11-17(13-29-30-22-10-7-19(14-28-22)24(25,26)27)12-21(34-2)23(18)35-15-16-5-8-20(9-6-16)31(32)33/h3,5-14H,1,4,15H2,2H3,(H,28,30)/b29-13-. The van der Waals surface area contributed by atoms with Gasteiger partial charge in [0.25, 0.3) is 5.69 Å². The van der Waals surface area contributed by atoms with E-state index in [1.807, 2.05) is 0 Å². The van der Waals surface area contributed by atoms with E-state index in [-0.39, 0.29) is 18.1 Å². The number of nitrogens with one attached hydrogen (secondary N) is 1. The first-order valence-corrected chi connectivity index (χ1v) is 10.2. The van der Waals surface area contributed by atoms with Crippen molar-refractivity contribution < 1.29 is 27.6 Å². The molecule has 35 heavy (non-hydrogen) atoms. The summed E-state index contributed by atoms with van der Waals surface area (Å²) in [5, 5.41) is 14.8. The number of alkyl halides is 3. The van der Waals surface area contributed by atoms with Crippen LogP contribution >= 0.6 is 0 Å². The van der Waals surface area contributed by atoms with Crippen LogP contribution in [0.15, 0.2) is 72.5 Å². The Hall–Kier alpha value is -4.41. The van der Waals surface area contributed by atoms with Crippen molar-refractivity contribution in [3.05, 3.63) is 99.8 Å². The van der Waals surface area contributed by atoms with Gasteiger partial charge in [-0.2, -0.15) is 18.3 Å². The quantitative estimate of drug-likeness (QED) is 0.169. The lowest BCUT2D eigenvalue weighted by molar-refractivity contribution is -0.384. The number of hydrazone groups is 1. The molecule has 3 rings (SSSR count). The predicted octanol–water partition coefficient (Wildman–Crippen LogP) is 5.77. The van der Waals surface area contributed by atoms with Crippen LogP contribution in [0.1, 0.15) is 22.3 Å². The Morgan fingerprint density at radius 2 is 1.94 bits per heavy atom. The number of anilines is 1. The van der Waals surface area contributed by atoms with E-state index < -0.39 is 16.7 Å². The highest BCUT2D eigenvalue weighted by Gasteiger charge is 2.30. The Morgan fingerprint density at radius 1 is 1.20 bits per heavy atom. The molecule has 0 bridgehead atoms. The second kappa shape index (κ2) is 11.1. The summed E-state index contributed by atoms with van der Waals surface area (Å²) in [6.45, 7) is 3.92. The molecule has 182 valence electrons. The number of halogens is 3. The van der Waals surface area contributed by atoms with E-state index in [9.17, 15) is 23.3 Å². The Morgan fingerprint density at radius 3 is 2.51 bits per heavy atom. The molecule has 0 atom stereocenters. The fourth-order valence-corrected chi connectivity index (χ4v) is 3.05. The van der Waals surface area contributed by atoms with E-state index in [1.165, 1.54) is 31.5 Å². The highest BCUT2D eigenvalue weighted by molar-refractivity contribution is 5.82. The summed E-state index contributed by atoms with van der Waals surface area (Å²) < 4.78 is 49.4. The molecule has 0 unspecified atom stereocenters. The summed E-state index contributed by atoms with van der Waals surface area (Å²) in [7, 11) is 1.48. The molecular weight excluding hydrogens is 465 g/mol. The highest BCUT2D eigenvalue weighted by Crippen LogP contribution is 2.34. The fraction of sp³-hybridized carbons (Fsp3) is 0.167. The molecule has 0 fully saturated rings. The molecule has 1 heterocycles. The third kappa shape index (κ3) is 6.79. The van der Waals surface area contributed by atoms with Gasteiger partial charge < -0.3 is 9.47 Å². The number of allylic oxidation sites excluding steroid dienone is 1. The number of nitro benzene ring substituents is 1. The van der Waals surface area contributed by atoms with Crippen LogP contribution in [0.2, 0.25) is 0 Å². The monoisotopic (exact) mass is 486 g/mol. The Balaban J connectivity index is 1.75. The van der Waals surface area contributed by atoms with Gasteiger partial charge in [0.1, 0.15) is 12.4 Å². The van der Waals surface area contributed by atoms with Crippen LogP contribution in [0.4, 0.5) is 24.7 Å². The van der Waals surface area contributed by atoms with Crippen molar-refractivity contribution >= 4 is 17.7 Å². The van der Waals surface area contributed by atoms with Crippen LogP contribution in [0.5, 0.6) is 11.5 Å². The van der Waals surface area contributed by atoms with Crippen molar-refractivity contribution in [2.24, 2.45) is 5.10 Å². The molecular formula is C24H21F3N4O4. The molecule has 0 amide bonds. The maximum absolute atomic E-state index is 12.7. The first-order valence-electron chi connectivity index (χ1n) is 10.2. The molecule has 1 N–H and O–H groups in total. The number of methoxy groups -OCH3 is 1. The van der Waals surface area contributed by atoms with Gasteiger partial charge in [-0.3, -0.25) is 15.5 Å². The van der Waals surface area contributed by atoms with Crippen LogP contribution in [-0.2, 0) is 19.2 Å². The van der Waals surface area contributed by atoms with Crippen LogP contribution in [0.3, 0.4) is 0 Å². The van der Waals surface area contributed by atoms with E-state index in [2.05, 4.69) is 22.1 Å². The lowest BCUT2D eigenvalue weighted by Gasteiger charge is -2.16. The molecule has 0 saturated heterocycles. The average Bonchev–Trinajstić information content (AvgIpc) is 2.83. The molecule has 3 aromatic rings. The lowest BCUT2D eigenvalue weighted by atomic mass is 10.1. The molecule has 0 radical (unpaired) electrons. The largest absolute Gasteiger partial charge is 0.493 e. The van der Waals surface area contributed by atoms with E-state index in [0.717, 1.165) is 23.4 Å². The number of ether oxygens (including phenoxy) is 2. The van der Waals surface area contributed by atoms with Gasteiger partial charge in [-0.05, 0) is 53.9 Å². The number of hydrogen-bond donors (Lipinski definition) is 1. The zero-order valence-corrected chi connectivity index (χ0v) is 18.6. The fourth-order valence-electron chi connectivity index (χ4n) is 3.05. The van der Waals surface area contributed by atoms with Gasteiger partial charge in [0.2, 0.25) is 0 Å². The minimum absolute atomic E-state index is 0.0116. The van der Waals surface area contributed by atoms with E-state index in [0.29, 0.717) is 23.5 Å². The molecule has 1 aromatic heterocycles. The van der Waals surface area contributed by atoms with Crippen molar-refractivity contribution in [3.8, 4) is 11.5 Å². The van der Waals surface area contributed by atoms with Crippen molar-refractivity contribution in [2.75, 3.05) is 12.5 Å². The Labute approximate surface area is 198 Å². The average molecular weight is 486 g/mol. The summed E-state index contributed by atoms with van der Waals surface area (Å²) in [5.74, 6) is 1.07. The summed E-state index contributed by atoms with van der Waals surface area (Å²) in [6, 6.07) is 11.6. The lowest BCUT2D eigenvalue weighted by Crippen LogP contribution is -2.05. The molecule has 0 aliphatic carbocycles. The second-order valence-corrected chi connectivity index (χ2v) is 7.22. The molecule has 0 saturated carbocycles. The van der Waals surface area contributed by atoms with Crippen LogP contribution in [0, 0.1) is 10.1 Å². The summed E-state index contributed by atoms with van der Waals surface area (Å²) in [6.07, 6.45) is -0.121. The van der Waals surface area contributed by atoms with Crippen LogP contribution in [0.25, 0.3) is 0 Å². The minimum atomic E-state index is -4.46. The predicted molar refractivity (Wildman–Crippen MR) is 125 cm³/mol. The third-order valence-corrected chi connectivity index (χ3v) is 4.75. The van der Waals surface area contributed by atoms with E-state index in [4.69, 9.17) is 9.47 Å². The normalized spacial score (nSPS) is 11.3. The van der Waals surface area contributed by atoms with Crippen molar-refractivity contribution in [3.63, 3.8) is 0 Å². The van der Waals surface area contributed by atoms with E-state index >= 15 is 0 Å². The number of aromatic nitrogens is 1. The van der Waals surface area contributed by atoms with Gasteiger partial charge >= 0.3 is 6.18 Å². The molecule has 11 heteroatoms. The second-order valence-electron chi connectivity index (χ2n) is 7.22. The number of pyridine rings is 1. The molecule has 2 aromatic carbocycles. The molecule has 0 aliphatic heterocycles. The maximum Gasteiger partial charge on any atom is 0.417 e. The van der Waals surface area contributed by atoms with Gasteiger partial charge in [0.15, 0.2) is 11.5 Å². The van der Waals surface area contributed by atoms with Crippen LogP contribution < -0.4 is 14.9 Å². The summed E-state index contributed by atoms with van der Waals surface area (Å²) in [5.41, 5.74) is 3.86. The maximum atomic E-state index is 12.7. The van der Waals surface area contributed by atoms with Gasteiger partial charge in [-0.25, -0.2) is 4.98 Å². The zero-order valence-electron chi connectivity index (χ0n) is 18.6. The number of rotatable bonds is 10. The third-order valence-electron chi connectivity index (χ3n) is 4.75. The van der Waals surface area contributed by atoms with E-state index in [1.54, 1.807) is 30.3 Å². The summed E-state index contributed by atoms with van der Waals surface area (Å²) in [4.78, 5) is 14.0. The molecule has 0 spiro atoms. The topological polar surface area (TPSA) is 98.9 Å². The smallest absolute Gasteiger partial charge is 0.417 e. The number of hydrogen-bond acceptors (Lipinski definition) is 7. The minimum Gasteiger partial charge on any atom is -0.493 e. The number of nitrogens with zero attached hydrogens (tertiary/aromatic N) is 3. The van der Waals surface area contributed by atoms with Gasteiger partial charge in [0.05, 0.1) is 23.8 Å². The Bertz CT molecular complexity index is 1210. The van der Waals surface area contributed by atoms with Crippen molar-refractivity contribution in [1.82, 2.24) is 4.98 Å². The summed E-state index contributed by atoms with van der Waals surface area (Å²) >= 11 is 0. The molecule has 8 nitrogen and oxygen atoms in total. The number of nitro groups is 1. The first kappa shape index (κ1) is 25.2. The number of non-ortho nitro benzene ring substituents is 1. The SMILES string of the molecule is C=CCc1cc(/C=N\Nc2ccc(C(F)(F)F)cn2)cc(OC)c1OCc1ccc([N+](=O)[O-])cc1. The van der Waals surface area contributed by atoms with Crippen molar-refractivity contribution in [1.29, 1.82) is 0 Å². The van der Waals surface area contributed by atoms with Gasteiger partial charge in [-0.1, -0.05) is 6.08 Å². The highest BCUT2D eigenvalue weighted by atomic mass is 19.4. The van der Waals surface area contributed by atoms with Crippen LogP contribution in [-0.4, -0.2) is 23.2 Å². The van der Waals surface area contributed by atoms with Gasteiger partial charge in [0, 0.05) is 23.9 Å². The number of benzene rings is 2. The molecule has 0 aliphatic rings. The Kier molecular flexibility index (Phi) is 8.03. The first-order chi connectivity index (χ1) is 16.7. The zero-order chi connectivity index (χ0) is 25.4. The van der Waals surface area contributed by atoms with Crippen molar-refractivity contribution in [2.45, 2.75) is 19.2 Å². The van der Waals surface area contributed by atoms with Gasteiger partial charge in [-0.15, -0.1) is 6.58 Å².